The number of nitrogens with zero attached hydrogens (tertiary/aromatic N) is 2. The van der Waals surface area contributed by atoms with Crippen LogP contribution in [0.2, 0.25) is 0 Å². The van der Waals surface area contributed by atoms with Crippen molar-refractivity contribution >= 4 is 5.69 Å². The van der Waals surface area contributed by atoms with E-state index in [9.17, 15) is 5.11 Å². The molecule has 5 nitrogen and oxygen atoms in total. The minimum Gasteiger partial charge on any atom is -0.488 e. The lowest BCUT2D eigenvalue weighted by Crippen LogP contribution is -2.48. The lowest BCUT2D eigenvalue weighted by molar-refractivity contribution is -0.00112. The SMILES string of the molecule is CCn1ncc(N[C@H]2CCC[C@@H](Oc3cccc(C)c3)[C@@H]2O)c1C. The van der Waals surface area contributed by atoms with Crippen molar-refractivity contribution < 1.29 is 9.84 Å². The first-order chi connectivity index (χ1) is 11.6. The fourth-order valence-electron chi connectivity index (χ4n) is 3.40. The Morgan fingerprint density at radius 2 is 2.17 bits per heavy atom. The van der Waals surface area contributed by atoms with Crippen LogP contribution < -0.4 is 10.1 Å². The molecule has 1 aromatic carbocycles. The first kappa shape index (κ1) is 16.8. The summed E-state index contributed by atoms with van der Waals surface area (Å²) in [4.78, 5) is 0. The van der Waals surface area contributed by atoms with Gasteiger partial charge in [-0.2, -0.15) is 5.10 Å². The Labute approximate surface area is 143 Å². The smallest absolute Gasteiger partial charge is 0.126 e. The highest BCUT2D eigenvalue weighted by atomic mass is 16.5. The lowest BCUT2D eigenvalue weighted by atomic mass is 9.89. The van der Waals surface area contributed by atoms with Gasteiger partial charge in [0.05, 0.1) is 23.6 Å². The molecule has 5 heteroatoms. The largest absolute Gasteiger partial charge is 0.488 e. The molecule has 0 saturated heterocycles. The molecule has 3 rings (SSSR count). The van der Waals surface area contributed by atoms with Gasteiger partial charge in [0.2, 0.25) is 0 Å². The highest BCUT2D eigenvalue weighted by Gasteiger charge is 2.33. The number of aliphatic hydroxyl groups excluding tert-OH is 1. The van der Waals surface area contributed by atoms with Crippen LogP contribution in [0.25, 0.3) is 0 Å². The van der Waals surface area contributed by atoms with Crippen molar-refractivity contribution in [3.8, 4) is 5.75 Å². The molecule has 0 aliphatic heterocycles. The van der Waals surface area contributed by atoms with E-state index in [4.69, 9.17) is 4.74 Å². The number of hydrogen-bond donors (Lipinski definition) is 2. The standard InChI is InChI=1S/C19H27N3O2/c1-4-22-14(3)17(12-20-22)21-16-9-6-10-18(19(16)23)24-15-8-5-7-13(2)11-15/h5,7-8,11-12,16,18-19,21,23H,4,6,9-10H2,1-3H3/t16-,18+,19+/m0/s1. The Hall–Kier alpha value is -2.01. The molecule has 1 aliphatic carbocycles. The average molecular weight is 329 g/mol. The average Bonchev–Trinajstić information content (AvgIpc) is 2.91. The molecule has 130 valence electrons. The number of aromatic nitrogens is 2. The molecule has 24 heavy (non-hydrogen) atoms. The molecule has 2 N–H and O–H groups in total. The summed E-state index contributed by atoms with van der Waals surface area (Å²) in [6, 6.07) is 7.98. The highest BCUT2D eigenvalue weighted by molar-refractivity contribution is 5.47. The molecule has 2 aromatic rings. The molecule has 0 amide bonds. The number of hydrogen-bond acceptors (Lipinski definition) is 4. The fraction of sp³-hybridized carbons (Fsp3) is 0.526. The zero-order valence-electron chi connectivity index (χ0n) is 14.7. The van der Waals surface area contributed by atoms with Gasteiger partial charge in [0.25, 0.3) is 0 Å². The maximum absolute atomic E-state index is 10.8. The van der Waals surface area contributed by atoms with Crippen LogP contribution in [-0.4, -0.2) is 33.1 Å². The van der Waals surface area contributed by atoms with Gasteiger partial charge in [-0.25, -0.2) is 0 Å². The van der Waals surface area contributed by atoms with E-state index < -0.39 is 6.10 Å². The summed E-state index contributed by atoms with van der Waals surface area (Å²) >= 11 is 0. The Morgan fingerprint density at radius 1 is 1.33 bits per heavy atom. The van der Waals surface area contributed by atoms with Gasteiger partial charge in [0.15, 0.2) is 0 Å². The summed E-state index contributed by atoms with van der Waals surface area (Å²) in [7, 11) is 0. The van der Waals surface area contributed by atoms with E-state index in [1.165, 1.54) is 0 Å². The molecular weight excluding hydrogens is 302 g/mol. The van der Waals surface area contributed by atoms with Gasteiger partial charge >= 0.3 is 0 Å². The van der Waals surface area contributed by atoms with Gasteiger partial charge in [0, 0.05) is 6.54 Å². The minimum absolute atomic E-state index is 0.0123. The van der Waals surface area contributed by atoms with E-state index in [1.54, 1.807) is 0 Å². The number of aliphatic hydroxyl groups is 1. The van der Waals surface area contributed by atoms with Crippen LogP contribution in [0, 0.1) is 13.8 Å². The first-order valence-corrected chi connectivity index (χ1v) is 8.79. The van der Waals surface area contributed by atoms with Gasteiger partial charge in [-0.3, -0.25) is 4.68 Å². The van der Waals surface area contributed by atoms with Crippen molar-refractivity contribution in [3.63, 3.8) is 0 Å². The molecule has 0 radical (unpaired) electrons. The van der Waals surface area contributed by atoms with Crippen LogP contribution in [-0.2, 0) is 6.54 Å². The molecule has 0 spiro atoms. The Bertz CT molecular complexity index is 683. The molecule has 3 atom stereocenters. The van der Waals surface area contributed by atoms with Crippen molar-refractivity contribution in [2.45, 2.75) is 64.8 Å². The zero-order chi connectivity index (χ0) is 17.1. The molecular formula is C19H27N3O2. The van der Waals surface area contributed by atoms with Crippen molar-refractivity contribution in [1.29, 1.82) is 0 Å². The molecule has 1 heterocycles. The molecule has 1 aromatic heterocycles. The molecule has 0 unspecified atom stereocenters. The Morgan fingerprint density at radius 3 is 2.88 bits per heavy atom. The number of benzene rings is 1. The summed E-state index contributed by atoms with van der Waals surface area (Å²) < 4.78 is 8.02. The number of anilines is 1. The van der Waals surface area contributed by atoms with Crippen molar-refractivity contribution in [1.82, 2.24) is 9.78 Å². The van der Waals surface area contributed by atoms with Gasteiger partial charge in [-0.15, -0.1) is 0 Å². The predicted molar refractivity (Wildman–Crippen MR) is 95.5 cm³/mol. The third kappa shape index (κ3) is 3.56. The second-order valence-electron chi connectivity index (χ2n) is 6.60. The van der Waals surface area contributed by atoms with E-state index in [2.05, 4.69) is 24.3 Å². The number of ether oxygens (including phenoxy) is 1. The normalized spacial score (nSPS) is 23.9. The summed E-state index contributed by atoms with van der Waals surface area (Å²) in [6.07, 6.45) is 3.97. The van der Waals surface area contributed by atoms with Crippen molar-refractivity contribution in [2.24, 2.45) is 0 Å². The maximum atomic E-state index is 10.8. The van der Waals surface area contributed by atoms with Crippen LogP contribution in [0.5, 0.6) is 5.75 Å². The monoisotopic (exact) mass is 329 g/mol. The third-order valence-electron chi connectivity index (χ3n) is 4.82. The van der Waals surface area contributed by atoms with Crippen LogP contribution in [0.1, 0.15) is 37.4 Å². The Balaban J connectivity index is 1.68. The summed E-state index contributed by atoms with van der Waals surface area (Å²) in [5.41, 5.74) is 3.26. The minimum atomic E-state index is -0.538. The van der Waals surface area contributed by atoms with E-state index in [-0.39, 0.29) is 12.1 Å². The second-order valence-corrected chi connectivity index (χ2v) is 6.60. The molecule has 0 bridgehead atoms. The van der Waals surface area contributed by atoms with Crippen LogP contribution in [0.3, 0.4) is 0 Å². The highest BCUT2D eigenvalue weighted by Crippen LogP contribution is 2.27. The topological polar surface area (TPSA) is 59.3 Å². The van der Waals surface area contributed by atoms with E-state index in [0.717, 1.165) is 48.5 Å². The van der Waals surface area contributed by atoms with Gasteiger partial charge in [-0.05, 0) is 57.7 Å². The Kier molecular flexibility index (Phi) is 5.09. The van der Waals surface area contributed by atoms with Crippen molar-refractivity contribution in [3.05, 3.63) is 41.7 Å². The van der Waals surface area contributed by atoms with Crippen LogP contribution >= 0.6 is 0 Å². The van der Waals surface area contributed by atoms with Gasteiger partial charge in [-0.1, -0.05) is 12.1 Å². The number of nitrogens with one attached hydrogen (secondary N) is 1. The maximum Gasteiger partial charge on any atom is 0.126 e. The fourth-order valence-corrected chi connectivity index (χ4v) is 3.40. The van der Waals surface area contributed by atoms with Crippen LogP contribution in [0.4, 0.5) is 5.69 Å². The summed E-state index contributed by atoms with van der Waals surface area (Å²) in [5.74, 6) is 0.828. The number of aryl methyl sites for hydroxylation is 2. The molecule has 1 saturated carbocycles. The molecule has 1 aliphatic rings. The lowest BCUT2D eigenvalue weighted by Gasteiger charge is -2.35. The van der Waals surface area contributed by atoms with E-state index in [0.29, 0.717) is 0 Å². The van der Waals surface area contributed by atoms with Crippen LogP contribution in [0.15, 0.2) is 30.5 Å². The second kappa shape index (κ2) is 7.26. The quantitative estimate of drug-likeness (QED) is 0.884. The number of rotatable bonds is 5. The van der Waals surface area contributed by atoms with Gasteiger partial charge < -0.3 is 15.2 Å². The zero-order valence-corrected chi connectivity index (χ0v) is 14.7. The first-order valence-electron chi connectivity index (χ1n) is 8.79. The third-order valence-corrected chi connectivity index (χ3v) is 4.82. The van der Waals surface area contributed by atoms with Crippen molar-refractivity contribution in [2.75, 3.05) is 5.32 Å². The predicted octanol–water partition coefficient (Wildman–Crippen LogP) is 3.29. The summed E-state index contributed by atoms with van der Waals surface area (Å²) in [5, 5.41) is 18.6. The van der Waals surface area contributed by atoms with E-state index in [1.807, 2.05) is 42.1 Å². The van der Waals surface area contributed by atoms with Gasteiger partial charge in [0.1, 0.15) is 18.0 Å². The van der Waals surface area contributed by atoms with E-state index >= 15 is 0 Å². The molecule has 1 fully saturated rings. The summed E-state index contributed by atoms with van der Waals surface area (Å²) in [6.45, 7) is 7.02.